The quantitative estimate of drug-likeness (QED) is 0.716. The van der Waals surface area contributed by atoms with Crippen LogP contribution in [0.3, 0.4) is 0 Å². The van der Waals surface area contributed by atoms with Crippen molar-refractivity contribution in [3.63, 3.8) is 0 Å². The van der Waals surface area contributed by atoms with Crippen LogP contribution in [-0.2, 0) is 0 Å². The van der Waals surface area contributed by atoms with Crippen molar-refractivity contribution < 1.29 is 14.3 Å². The Balaban J connectivity index is 3.56. The summed E-state index contributed by atoms with van der Waals surface area (Å²) in [6.07, 6.45) is 0. The van der Waals surface area contributed by atoms with E-state index in [-0.39, 0.29) is 5.78 Å². The van der Waals surface area contributed by atoms with Crippen LogP contribution in [0.15, 0.2) is 6.07 Å². The van der Waals surface area contributed by atoms with E-state index in [1.54, 1.807) is 14.2 Å². The third kappa shape index (κ3) is 1.96. The highest BCUT2D eigenvalue weighted by atomic mass is 16.5. The number of benzene rings is 1. The summed E-state index contributed by atoms with van der Waals surface area (Å²) in [4.78, 5) is 11.5. The highest BCUT2D eigenvalue weighted by molar-refractivity contribution is 5.99. The molecule has 1 aromatic carbocycles. The number of ketones is 1. The summed E-state index contributed by atoms with van der Waals surface area (Å²) in [6, 6.07) is 1.88. The van der Waals surface area contributed by atoms with Crippen molar-refractivity contribution in [2.24, 2.45) is 0 Å². The van der Waals surface area contributed by atoms with E-state index in [0.29, 0.717) is 17.1 Å². The fourth-order valence-corrected chi connectivity index (χ4v) is 1.64. The number of carbonyl (C=O) groups excluding carboxylic acids is 1. The van der Waals surface area contributed by atoms with E-state index in [1.807, 2.05) is 19.9 Å². The average molecular weight is 208 g/mol. The molecule has 0 aliphatic heterocycles. The largest absolute Gasteiger partial charge is 0.493 e. The maximum Gasteiger partial charge on any atom is 0.171 e. The van der Waals surface area contributed by atoms with Crippen LogP contribution in [0.1, 0.15) is 28.4 Å². The average Bonchev–Trinajstić information content (AvgIpc) is 2.20. The van der Waals surface area contributed by atoms with Gasteiger partial charge in [0.25, 0.3) is 0 Å². The lowest BCUT2D eigenvalue weighted by Gasteiger charge is -2.15. The van der Waals surface area contributed by atoms with Gasteiger partial charge in [0.15, 0.2) is 17.3 Å². The number of Topliss-reactive ketones (excluding diaryl/α,β-unsaturated/α-hetero) is 1. The Morgan fingerprint density at radius 2 is 1.80 bits per heavy atom. The van der Waals surface area contributed by atoms with Crippen LogP contribution < -0.4 is 9.47 Å². The van der Waals surface area contributed by atoms with Crippen LogP contribution in [0.2, 0.25) is 0 Å². The first-order chi connectivity index (χ1) is 7.02. The molecule has 15 heavy (non-hydrogen) atoms. The van der Waals surface area contributed by atoms with Gasteiger partial charge in [-0.1, -0.05) is 0 Å². The van der Waals surface area contributed by atoms with Gasteiger partial charge in [-0.2, -0.15) is 0 Å². The van der Waals surface area contributed by atoms with Crippen LogP contribution >= 0.6 is 0 Å². The standard InChI is InChI=1S/C12H16O3/c1-7-6-10(14-4)12(15-5)11(8(7)2)9(3)13/h6H,1-5H3. The van der Waals surface area contributed by atoms with E-state index in [9.17, 15) is 4.79 Å². The number of ether oxygens (including phenoxy) is 2. The van der Waals surface area contributed by atoms with Gasteiger partial charge in [-0.05, 0) is 38.0 Å². The van der Waals surface area contributed by atoms with Gasteiger partial charge in [-0.15, -0.1) is 0 Å². The molecule has 0 spiro atoms. The number of carbonyl (C=O) groups is 1. The minimum absolute atomic E-state index is 0.00801. The van der Waals surface area contributed by atoms with Crippen molar-refractivity contribution in [3.05, 3.63) is 22.8 Å². The number of hydrogen-bond acceptors (Lipinski definition) is 3. The number of rotatable bonds is 3. The van der Waals surface area contributed by atoms with Gasteiger partial charge >= 0.3 is 0 Å². The fraction of sp³-hybridized carbons (Fsp3) is 0.417. The Kier molecular flexibility index (Phi) is 3.35. The lowest BCUT2D eigenvalue weighted by Crippen LogP contribution is -2.04. The molecule has 0 unspecified atom stereocenters. The smallest absolute Gasteiger partial charge is 0.171 e. The summed E-state index contributed by atoms with van der Waals surface area (Å²) in [6.45, 7) is 5.39. The van der Waals surface area contributed by atoms with E-state index in [1.165, 1.54) is 6.92 Å². The predicted octanol–water partition coefficient (Wildman–Crippen LogP) is 2.52. The van der Waals surface area contributed by atoms with Crippen molar-refractivity contribution in [1.29, 1.82) is 0 Å². The van der Waals surface area contributed by atoms with E-state index in [4.69, 9.17) is 9.47 Å². The second kappa shape index (κ2) is 4.34. The van der Waals surface area contributed by atoms with E-state index < -0.39 is 0 Å². The Bertz CT molecular complexity index is 394. The summed E-state index contributed by atoms with van der Waals surface area (Å²) >= 11 is 0. The van der Waals surface area contributed by atoms with Crippen molar-refractivity contribution in [3.8, 4) is 11.5 Å². The van der Waals surface area contributed by atoms with Gasteiger partial charge < -0.3 is 9.47 Å². The fourth-order valence-electron chi connectivity index (χ4n) is 1.64. The molecule has 0 aromatic heterocycles. The summed E-state index contributed by atoms with van der Waals surface area (Å²) in [5.74, 6) is 1.12. The molecule has 0 bridgehead atoms. The SMILES string of the molecule is COc1cc(C)c(C)c(C(C)=O)c1OC. The zero-order valence-corrected chi connectivity index (χ0v) is 9.80. The molecule has 0 heterocycles. The van der Waals surface area contributed by atoms with Crippen LogP contribution in [0.25, 0.3) is 0 Å². The van der Waals surface area contributed by atoms with Crippen molar-refractivity contribution in [2.45, 2.75) is 20.8 Å². The Morgan fingerprint density at radius 3 is 2.20 bits per heavy atom. The Morgan fingerprint density at radius 1 is 1.20 bits per heavy atom. The van der Waals surface area contributed by atoms with Crippen molar-refractivity contribution in [1.82, 2.24) is 0 Å². The number of hydrogen-bond donors (Lipinski definition) is 0. The second-order valence-electron chi connectivity index (χ2n) is 3.49. The van der Waals surface area contributed by atoms with E-state index in [0.717, 1.165) is 11.1 Å². The lowest BCUT2D eigenvalue weighted by molar-refractivity contribution is 0.101. The molecule has 1 aromatic rings. The van der Waals surface area contributed by atoms with Gasteiger partial charge in [0.1, 0.15) is 0 Å². The van der Waals surface area contributed by atoms with Gasteiger partial charge in [0.2, 0.25) is 0 Å². The maximum atomic E-state index is 11.5. The first-order valence-electron chi connectivity index (χ1n) is 4.76. The van der Waals surface area contributed by atoms with E-state index in [2.05, 4.69) is 0 Å². The van der Waals surface area contributed by atoms with E-state index >= 15 is 0 Å². The topological polar surface area (TPSA) is 35.5 Å². The first kappa shape index (κ1) is 11.6. The molecular formula is C12H16O3. The Hall–Kier alpha value is -1.51. The molecule has 0 radical (unpaired) electrons. The number of aryl methyl sites for hydroxylation is 1. The lowest BCUT2D eigenvalue weighted by atomic mass is 9.99. The molecule has 82 valence electrons. The monoisotopic (exact) mass is 208 g/mol. The van der Waals surface area contributed by atoms with Gasteiger partial charge in [0.05, 0.1) is 19.8 Å². The third-order valence-corrected chi connectivity index (χ3v) is 2.54. The molecule has 0 amide bonds. The third-order valence-electron chi connectivity index (χ3n) is 2.54. The zero-order valence-electron chi connectivity index (χ0n) is 9.80. The van der Waals surface area contributed by atoms with Crippen LogP contribution in [0, 0.1) is 13.8 Å². The molecular weight excluding hydrogens is 192 g/mol. The van der Waals surface area contributed by atoms with Crippen LogP contribution in [-0.4, -0.2) is 20.0 Å². The summed E-state index contributed by atoms with van der Waals surface area (Å²) < 4.78 is 10.4. The van der Waals surface area contributed by atoms with Crippen molar-refractivity contribution in [2.75, 3.05) is 14.2 Å². The van der Waals surface area contributed by atoms with Crippen LogP contribution in [0.5, 0.6) is 11.5 Å². The highest BCUT2D eigenvalue weighted by Gasteiger charge is 2.18. The minimum Gasteiger partial charge on any atom is -0.493 e. The summed E-state index contributed by atoms with van der Waals surface area (Å²) in [5, 5.41) is 0. The molecule has 3 heteroatoms. The van der Waals surface area contributed by atoms with Crippen LogP contribution in [0.4, 0.5) is 0 Å². The molecule has 0 saturated carbocycles. The molecule has 1 rings (SSSR count). The van der Waals surface area contributed by atoms with Gasteiger partial charge in [-0.3, -0.25) is 4.79 Å². The highest BCUT2D eigenvalue weighted by Crippen LogP contribution is 2.35. The Labute approximate surface area is 90.0 Å². The second-order valence-corrected chi connectivity index (χ2v) is 3.49. The predicted molar refractivity (Wildman–Crippen MR) is 59.0 cm³/mol. The first-order valence-corrected chi connectivity index (χ1v) is 4.76. The summed E-state index contributed by atoms with van der Waals surface area (Å²) in [7, 11) is 3.11. The molecule has 0 aliphatic carbocycles. The van der Waals surface area contributed by atoms with Gasteiger partial charge in [-0.25, -0.2) is 0 Å². The maximum absolute atomic E-state index is 11.5. The van der Waals surface area contributed by atoms with Gasteiger partial charge in [0, 0.05) is 0 Å². The normalized spacial score (nSPS) is 9.93. The molecule has 0 aliphatic rings. The van der Waals surface area contributed by atoms with Crippen molar-refractivity contribution >= 4 is 5.78 Å². The zero-order chi connectivity index (χ0) is 11.6. The molecule has 0 fully saturated rings. The molecule has 0 atom stereocenters. The molecule has 0 saturated heterocycles. The molecule has 0 N–H and O–H groups in total. The molecule has 3 nitrogen and oxygen atoms in total. The summed E-state index contributed by atoms with van der Waals surface area (Å²) in [5.41, 5.74) is 2.58. The minimum atomic E-state index is -0.00801. The number of methoxy groups -OCH3 is 2.